The predicted molar refractivity (Wildman–Crippen MR) is 57.3 cm³/mol. The molecule has 0 N–H and O–H groups in total. The van der Waals surface area contributed by atoms with Gasteiger partial charge in [0.1, 0.15) is 10.7 Å². The molecule has 0 aliphatic carbocycles. The van der Waals surface area contributed by atoms with Crippen molar-refractivity contribution in [3.8, 4) is 0 Å². The van der Waals surface area contributed by atoms with Crippen molar-refractivity contribution in [1.29, 1.82) is 0 Å². The summed E-state index contributed by atoms with van der Waals surface area (Å²) in [6.07, 6.45) is 3.18. The lowest BCUT2D eigenvalue weighted by molar-refractivity contribution is 0.0688. The van der Waals surface area contributed by atoms with Crippen molar-refractivity contribution in [2.45, 2.75) is 46.6 Å². The standard InChI is InChI=1S/C10H20OS/c1-6-8-9(12-7-2)11-10(3,4)5/h8H,6-7H2,1-5H3/b9-8+. The van der Waals surface area contributed by atoms with E-state index in [1.165, 1.54) is 0 Å². The number of ether oxygens (including phenoxy) is 1. The van der Waals surface area contributed by atoms with Crippen molar-refractivity contribution < 1.29 is 4.74 Å². The van der Waals surface area contributed by atoms with Gasteiger partial charge in [-0.3, -0.25) is 0 Å². The van der Waals surface area contributed by atoms with E-state index in [1.54, 1.807) is 11.8 Å². The molecule has 0 aromatic carbocycles. The molecule has 0 amide bonds. The summed E-state index contributed by atoms with van der Waals surface area (Å²) in [4.78, 5) is 0. The number of rotatable bonds is 4. The fourth-order valence-corrected chi connectivity index (χ4v) is 1.62. The Morgan fingerprint density at radius 3 is 2.25 bits per heavy atom. The maximum Gasteiger partial charge on any atom is 0.149 e. The number of thioether (sulfide) groups is 1. The molecule has 0 radical (unpaired) electrons. The van der Waals surface area contributed by atoms with Gasteiger partial charge in [-0.2, -0.15) is 0 Å². The molecule has 0 rings (SSSR count). The summed E-state index contributed by atoms with van der Waals surface area (Å²) in [6, 6.07) is 0. The Morgan fingerprint density at radius 1 is 1.33 bits per heavy atom. The zero-order valence-corrected chi connectivity index (χ0v) is 9.62. The van der Waals surface area contributed by atoms with Crippen LogP contribution in [0.2, 0.25) is 0 Å². The summed E-state index contributed by atoms with van der Waals surface area (Å²) in [6.45, 7) is 10.5. The van der Waals surface area contributed by atoms with E-state index in [1.807, 2.05) is 0 Å². The third-order valence-electron chi connectivity index (χ3n) is 1.06. The minimum Gasteiger partial charge on any atom is -0.482 e. The van der Waals surface area contributed by atoms with E-state index in [2.05, 4.69) is 40.7 Å². The van der Waals surface area contributed by atoms with E-state index < -0.39 is 0 Å². The van der Waals surface area contributed by atoms with Crippen LogP contribution in [0.5, 0.6) is 0 Å². The minimum atomic E-state index is -0.0663. The van der Waals surface area contributed by atoms with Crippen molar-refractivity contribution in [1.82, 2.24) is 0 Å². The van der Waals surface area contributed by atoms with Crippen molar-refractivity contribution in [2.75, 3.05) is 5.75 Å². The Kier molecular flexibility index (Phi) is 5.47. The molecule has 0 aromatic heterocycles. The molecule has 0 fully saturated rings. The van der Waals surface area contributed by atoms with Gasteiger partial charge in [0, 0.05) is 0 Å². The molecule has 12 heavy (non-hydrogen) atoms. The third-order valence-corrected chi connectivity index (χ3v) is 1.89. The van der Waals surface area contributed by atoms with Gasteiger partial charge in [-0.25, -0.2) is 0 Å². The highest BCUT2D eigenvalue weighted by molar-refractivity contribution is 8.02. The second-order valence-corrected chi connectivity index (χ2v) is 4.85. The van der Waals surface area contributed by atoms with Crippen LogP contribution in [0.4, 0.5) is 0 Å². The first-order chi connectivity index (χ1) is 5.49. The molecule has 0 aliphatic rings. The van der Waals surface area contributed by atoms with E-state index in [-0.39, 0.29) is 5.60 Å². The van der Waals surface area contributed by atoms with Crippen molar-refractivity contribution in [3.63, 3.8) is 0 Å². The lowest BCUT2D eigenvalue weighted by atomic mass is 10.2. The first kappa shape index (κ1) is 11.9. The number of hydrogen-bond donors (Lipinski definition) is 0. The van der Waals surface area contributed by atoms with Crippen LogP contribution in [0.1, 0.15) is 41.0 Å². The highest BCUT2D eigenvalue weighted by atomic mass is 32.2. The Hall–Kier alpha value is -0.110. The van der Waals surface area contributed by atoms with E-state index in [0.717, 1.165) is 17.3 Å². The molecule has 0 heterocycles. The van der Waals surface area contributed by atoms with Crippen LogP contribution in [0, 0.1) is 0 Å². The normalized spacial score (nSPS) is 13.2. The second-order valence-electron chi connectivity index (χ2n) is 3.58. The number of hydrogen-bond acceptors (Lipinski definition) is 2. The van der Waals surface area contributed by atoms with Crippen LogP contribution in [0.25, 0.3) is 0 Å². The summed E-state index contributed by atoms with van der Waals surface area (Å²) < 4.78 is 5.74. The van der Waals surface area contributed by atoms with E-state index in [0.29, 0.717) is 0 Å². The van der Waals surface area contributed by atoms with Gasteiger partial charge >= 0.3 is 0 Å². The predicted octanol–water partition coefficient (Wildman–Crippen LogP) is 3.81. The summed E-state index contributed by atoms with van der Waals surface area (Å²) in [5.74, 6) is 1.07. The number of allylic oxidation sites excluding steroid dienone is 1. The minimum absolute atomic E-state index is 0.0663. The smallest absolute Gasteiger partial charge is 0.149 e. The lowest BCUT2D eigenvalue weighted by Crippen LogP contribution is -2.17. The lowest BCUT2D eigenvalue weighted by Gasteiger charge is -2.22. The molecule has 0 saturated heterocycles. The van der Waals surface area contributed by atoms with Crippen molar-refractivity contribution in [2.24, 2.45) is 0 Å². The van der Waals surface area contributed by atoms with E-state index in [4.69, 9.17) is 4.74 Å². The zero-order valence-electron chi connectivity index (χ0n) is 8.81. The van der Waals surface area contributed by atoms with E-state index >= 15 is 0 Å². The van der Waals surface area contributed by atoms with Crippen LogP contribution < -0.4 is 0 Å². The van der Waals surface area contributed by atoms with Gasteiger partial charge in [-0.1, -0.05) is 25.6 Å². The van der Waals surface area contributed by atoms with Crippen molar-refractivity contribution >= 4 is 11.8 Å². The first-order valence-electron chi connectivity index (χ1n) is 4.51. The molecule has 0 bridgehead atoms. The fourth-order valence-electron chi connectivity index (χ4n) is 0.741. The van der Waals surface area contributed by atoms with Crippen LogP contribution in [0.15, 0.2) is 11.2 Å². The summed E-state index contributed by atoms with van der Waals surface area (Å²) in [7, 11) is 0. The molecule has 1 nitrogen and oxygen atoms in total. The molecular formula is C10H20OS. The second kappa shape index (κ2) is 5.52. The fraction of sp³-hybridized carbons (Fsp3) is 0.800. The Morgan fingerprint density at radius 2 is 1.92 bits per heavy atom. The molecule has 0 saturated carbocycles. The maximum absolute atomic E-state index is 5.74. The van der Waals surface area contributed by atoms with Crippen LogP contribution in [-0.2, 0) is 4.74 Å². The first-order valence-corrected chi connectivity index (χ1v) is 5.50. The summed E-state index contributed by atoms with van der Waals surface area (Å²) in [5, 5.41) is 1.06. The van der Waals surface area contributed by atoms with Gasteiger partial charge < -0.3 is 4.74 Å². The molecule has 72 valence electrons. The average Bonchev–Trinajstić information content (AvgIpc) is 1.84. The maximum atomic E-state index is 5.74. The zero-order chi connectivity index (χ0) is 9.61. The average molecular weight is 188 g/mol. The monoisotopic (exact) mass is 188 g/mol. The van der Waals surface area contributed by atoms with Gasteiger partial charge in [-0.15, -0.1) is 0 Å². The quantitative estimate of drug-likeness (QED) is 0.620. The Balaban J connectivity index is 4.05. The highest BCUT2D eigenvalue weighted by Crippen LogP contribution is 2.23. The topological polar surface area (TPSA) is 9.23 Å². The molecule has 0 atom stereocenters. The van der Waals surface area contributed by atoms with Crippen LogP contribution >= 0.6 is 11.8 Å². The molecule has 0 aromatic rings. The summed E-state index contributed by atoms with van der Waals surface area (Å²) >= 11 is 1.77. The van der Waals surface area contributed by atoms with Gasteiger partial charge in [-0.05, 0) is 39.0 Å². The molecular weight excluding hydrogens is 168 g/mol. The Labute approximate surface area is 80.6 Å². The largest absolute Gasteiger partial charge is 0.482 e. The van der Waals surface area contributed by atoms with Gasteiger partial charge in [0.05, 0.1) is 0 Å². The SMILES string of the molecule is CC/C=C(\OC(C)(C)C)SCC. The Bertz CT molecular complexity index is 144. The van der Waals surface area contributed by atoms with Gasteiger partial charge in [0.2, 0.25) is 0 Å². The van der Waals surface area contributed by atoms with E-state index in [9.17, 15) is 0 Å². The van der Waals surface area contributed by atoms with Crippen molar-refractivity contribution in [3.05, 3.63) is 11.2 Å². The highest BCUT2D eigenvalue weighted by Gasteiger charge is 2.12. The molecule has 0 aliphatic heterocycles. The molecule has 0 spiro atoms. The molecule has 0 unspecified atom stereocenters. The van der Waals surface area contributed by atoms with Crippen LogP contribution in [0.3, 0.4) is 0 Å². The summed E-state index contributed by atoms with van der Waals surface area (Å²) in [5.41, 5.74) is -0.0663. The van der Waals surface area contributed by atoms with Gasteiger partial charge in [0.15, 0.2) is 0 Å². The van der Waals surface area contributed by atoms with Crippen LogP contribution in [-0.4, -0.2) is 11.4 Å². The van der Waals surface area contributed by atoms with Gasteiger partial charge in [0.25, 0.3) is 0 Å². The molecule has 2 heteroatoms. The third kappa shape index (κ3) is 6.59.